The molecule has 0 aliphatic carbocycles. The molecular weight excluding hydrogens is 751 g/mol. The molecule has 0 saturated carbocycles. The third-order valence-corrected chi connectivity index (χ3v) is 12.3. The van der Waals surface area contributed by atoms with E-state index in [0.29, 0.717) is 74.2 Å². The number of halogens is 2. The fraction of sp³-hybridized carbons (Fsp3) is 0.234. The van der Waals surface area contributed by atoms with Crippen molar-refractivity contribution in [1.82, 2.24) is 23.5 Å². The van der Waals surface area contributed by atoms with Crippen LogP contribution >= 0.6 is 0 Å². The number of benzene rings is 4. The molecule has 1 atom stereocenters. The SMILES string of the molecule is Cc1c2c(c(C#N)n1C)c1c(cc(-c3cc4c(cc3C(=O)N3Cc5ccccc5C[C@H]3C)CN(C(=O)C(F)(F)c3ccccc3)CC4)n1C)c(=O)n2-c1ccc(O)cc1. The van der Waals surface area contributed by atoms with E-state index in [1.54, 1.807) is 46.5 Å². The van der Waals surface area contributed by atoms with Crippen LogP contribution in [0, 0.1) is 18.3 Å². The van der Waals surface area contributed by atoms with Gasteiger partial charge in [0.15, 0.2) is 0 Å². The second-order valence-electron chi connectivity index (χ2n) is 15.7. The lowest BCUT2D eigenvalue weighted by Gasteiger charge is -2.36. The number of rotatable bonds is 5. The molecule has 2 aliphatic rings. The Bertz CT molecular complexity index is 2990. The number of aryl methyl sites for hydroxylation is 2. The summed E-state index contributed by atoms with van der Waals surface area (Å²) in [5.41, 5.74) is 6.86. The zero-order chi connectivity index (χ0) is 41.5. The summed E-state index contributed by atoms with van der Waals surface area (Å²) in [6, 6.07) is 28.9. The molecule has 0 spiro atoms. The average molecular weight is 791 g/mol. The first-order valence-electron chi connectivity index (χ1n) is 19.5. The summed E-state index contributed by atoms with van der Waals surface area (Å²) in [7, 11) is 3.58. The first-order valence-corrected chi connectivity index (χ1v) is 19.5. The Hall–Kier alpha value is -7.00. The highest BCUT2D eigenvalue weighted by atomic mass is 19.3. The van der Waals surface area contributed by atoms with Crippen LogP contribution in [0.5, 0.6) is 5.75 Å². The average Bonchev–Trinajstić information content (AvgIpc) is 3.72. The lowest BCUT2D eigenvalue weighted by atomic mass is 9.89. The van der Waals surface area contributed by atoms with Crippen LogP contribution in [0.25, 0.3) is 38.8 Å². The number of phenols is 1. The van der Waals surface area contributed by atoms with Crippen molar-refractivity contribution in [1.29, 1.82) is 5.26 Å². The van der Waals surface area contributed by atoms with Crippen LogP contribution in [0.3, 0.4) is 0 Å². The van der Waals surface area contributed by atoms with Crippen LogP contribution in [0.2, 0.25) is 0 Å². The summed E-state index contributed by atoms with van der Waals surface area (Å²) in [6.45, 7) is 4.14. The normalized spacial score (nSPS) is 15.3. The Balaban J connectivity index is 1.25. The van der Waals surface area contributed by atoms with E-state index in [1.165, 1.54) is 36.4 Å². The number of phenolic OH excluding ortho intramolecular Hbond substituents is 1. The number of hydrogen-bond donors (Lipinski definition) is 1. The molecule has 1 N–H and O–H groups in total. The number of nitriles is 1. The second kappa shape index (κ2) is 13.8. The Kier molecular flexibility index (Phi) is 8.81. The fourth-order valence-corrected chi connectivity index (χ4v) is 9.06. The largest absolute Gasteiger partial charge is 0.508 e. The second-order valence-corrected chi connectivity index (χ2v) is 15.7. The van der Waals surface area contributed by atoms with Gasteiger partial charge in [-0.05, 0) is 91.4 Å². The maximum atomic E-state index is 15.6. The van der Waals surface area contributed by atoms with Crippen LogP contribution in [0.4, 0.5) is 8.78 Å². The van der Waals surface area contributed by atoms with E-state index in [-0.39, 0.29) is 48.3 Å². The number of fused-ring (bicyclic) bond motifs is 5. The molecule has 12 heteroatoms. The highest BCUT2D eigenvalue weighted by molar-refractivity contribution is 6.11. The molecule has 59 heavy (non-hydrogen) atoms. The Labute approximate surface area is 338 Å². The van der Waals surface area contributed by atoms with E-state index >= 15 is 13.6 Å². The molecule has 0 unspecified atom stereocenters. The molecule has 2 amide bonds. The standard InChI is InChI=1S/C47H40F2N6O4/c1-27-20-29-10-8-9-11-31(29)26-54(27)44(57)37-22-32-25-53(46(59)47(48,49)33-12-6-5-7-13-33)19-18-30(32)21-36(37)39-23-38-43(52(39)4)41-40(24-50)51(3)28(2)42(41)55(45(38)58)34-14-16-35(56)17-15-34/h5-17,21-23,27,56H,18-20,25-26H2,1-4H3/t27-/m1/s1. The molecule has 5 heterocycles. The van der Waals surface area contributed by atoms with Gasteiger partial charge in [-0.15, -0.1) is 0 Å². The van der Waals surface area contributed by atoms with Crippen LogP contribution in [-0.4, -0.2) is 53.0 Å². The summed E-state index contributed by atoms with van der Waals surface area (Å²) in [6.07, 6.45) is 0.908. The quantitative estimate of drug-likeness (QED) is 0.193. The van der Waals surface area contributed by atoms with Gasteiger partial charge in [-0.3, -0.25) is 19.0 Å². The summed E-state index contributed by atoms with van der Waals surface area (Å²) in [5.74, 6) is -5.28. The van der Waals surface area contributed by atoms with Gasteiger partial charge in [0, 0.05) is 73.5 Å². The molecule has 10 nitrogen and oxygen atoms in total. The number of pyridine rings is 1. The lowest BCUT2D eigenvalue weighted by molar-refractivity contribution is -0.160. The monoisotopic (exact) mass is 790 g/mol. The molecule has 2 aliphatic heterocycles. The van der Waals surface area contributed by atoms with E-state index in [2.05, 4.69) is 12.1 Å². The number of alkyl halides is 2. The van der Waals surface area contributed by atoms with Crippen molar-refractivity contribution in [3.05, 3.63) is 152 Å². The van der Waals surface area contributed by atoms with Crippen molar-refractivity contribution in [2.75, 3.05) is 6.54 Å². The van der Waals surface area contributed by atoms with Gasteiger partial charge < -0.3 is 24.0 Å². The first kappa shape index (κ1) is 37.6. The van der Waals surface area contributed by atoms with Gasteiger partial charge in [0.1, 0.15) is 17.5 Å². The number of carbonyl (C=O) groups excluding carboxylic acids is 2. The van der Waals surface area contributed by atoms with Gasteiger partial charge in [-0.1, -0.05) is 54.6 Å². The van der Waals surface area contributed by atoms with Gasteiger partial charge in [0.2, 0.25) is 0 Å². The van der Waals surface area contributed by atoms with Crippen molar-refractivity contribution >= 4 is 33.6 Å². The molecule has 0 saturated heterocycles. The number of amides is 2. The van der Waals surface area contributed by atoms with Crippen LogP contribution in [0.1, 0.15) is 56.5 Å². The van der Waals surface area contributed by atoms with Crippen molar-refractivity contribution in [3.8, 4) is 28.8 Å². The maximum Gasteiger partial charge on any atom is 0.349 e. The number of nitrogens with zero attached hydrogens (tertiary/aromatic N) is 6. The van der Waals surface area contributed by atoms with Gasteiger partial charge in [0.05, 0.1) is 21.8 Å². The van der Waals surface area contributed by atoms with Gasteiger partial charge in [-0.2, -0.15) is 14.0 Å². The molecule has 4 aromatic carbocycles. The topological polar surface area (TPSA) is 117 Å². The minimum Gasteiger partial charge on any atom is -0.508 e. The minimum absolute atomic E-state index is 0.0390. The summed E-state index contributed by atoms with van der Waals surface area (Å²) in [5, 5.41) is 21.5. The van der Waals surface area contributed by atoms with E-state index in [4.69, 9.17) is 0 Å². The van der Waals surface area contributed by atoms with Crippen LogP contribution in [-0.2, 0) is 50.7 Å². The maximum absolute atomic E-state index is 15.6. The molecule has 7 aromatic rings. The predicted octanol–water partition coefficient (Wildman–Crippen LogP) is 7.64. The molecule has 3 aromatic heterocycles. The molecular formula is C47H40F2N6O4. The third-order valence-electron chi connectivity index (χ3n) is 12.3. The van der Waals surface area contributed by atoms with E-state index < -0.39 is 11.8 Å². The van der Waals surface area contributed by atoms with Crippen molar-refractivity contribution in [2.24, 2.45) is 14.1 Å². The molecule has 0 bridgehead atoms. The highest BCUT2D eigenvalue weighted by Crippen LogP contribution is 2.40. The number of aromatic hydroxyl groups is 1. The third kappa shape index (κ3) is 5.82. The first-order chi connectivity index (χ1) is 28.3. The molecule has 0 fully saturated rings. The van der Waals surface area contributed by atoms with Gasteiger partial charge >= 0.3 is 5.92 Å². The number of aromatic nitrogens is 3. The zero-order valence-corrected chi connectivity index (χ0v) is 33.0. The van der Waals surface area contributed by atoms with Crippen molar-refractivity contribution in [2.45, 2.75) is 51.7 Å². The Morgan fingerprint density at radius 3 is 2.25 bits per heavy atom. The predicted molar refractivity (Wildman–Crippen MR) is 220 cm³/mol. The van der Waals surface area contributed by atoms with E-state index in [0.717, 1.165) is 21.6 Å². The molecule has 296 valence electrons. The summed E-state index contributed by atoms with van der Waals surface area (Å²) in [4.78, 5) is 46.3. The van der Waals surface area contributed by atoms with Gasteiger partial charge in [-0.25, -0.2) is 0 Å². The molecule has 9 rings (SSSR count). The highest BCUT2D eigenvalue weighted by Gasteiger charge is 2.45. The van der Waals surface area contributed by atoms with Crippen molar-refractivity contribution < 1.29 is 23.5 Å². The van der Waals surface area contributed by atoms with E-state index in [9.17, 15) is 20.0 Å². The zero-order valence-electron chi connectivity index (χ0n) is 33.0. The van der Waals surface area contributed by atoms with Gasteiger partial charge in [0.25, 0.3) is 17.4 Å². The lowest BCUT2D eigenvalue weighted by Crippen LogP contribution is -2.45. The smallest absolute Gasteiger partial charge is 0.349 e. The number of hydrogen-bond acceptors (Lipinski definition) is 5. The van der Waals surface area contributed by atoms with Crippen molar-refractivity contribution in [3.63, 3.8) is 0 Å². The van der Waals surface area contributed by atoms with E-state index in [1.807, 2.05) is 54.6 Å². The summed E-state index contributed by atoms with van der Waals surface area (Å²) < 4.78 is 36.4. The Morgan fingerprint density at radius 1 is 0.847 bits per heavy atom. The number of carbonyl (C=O) groups is 2. The minimum atomic E-state index is -3.74. The van der Waals surface area contributed by atoms with Crippen LogP contribution < -0.4 is 5.56 Å². The van der Waals surface area contributed by atoms with Crippen LogP contribution in [0.15, 0.2) is 102 Å². The fourth-order valence-electron chi connectivity index (χ4n) is 9.06. The summed E-state index contributed by atoms with van der Waals surface area (Å²) >= 11 is 0. The Morgan fingerprint density at radius 2 is 1.54 bits per heavy atom. The molecule has 0 radical (unpaired) electrons.